The fourth-order valence-electron chi connectivity index (χ4n) is 1.77. The van der Waals surface area contributed by atoms with Crippen LogP contribution in [-0.2, 0) is 9.47 Å². The largest absolute Gasteiger partial charge is 0.462 e. The molecule has 20 heavy (non-hydrogen) atoms. The van der Waals surface area contributed by atoms with Crippen LogP contribution in [0.4, 0.5) is 0 Å². The number of carbonyl (C=O) groups excluding carboxylic acids is 2. The molecule has 0 saturated carbocycles. The Morgan fingerprint density at radius 3 is 1.65 bits per heavy atom. The molecule has 0 saturated heterocycles. The third-order valence-electron chi connectivity index (χ3n) is 2.60. The number of benzene rings is 1. The van der Waals surface area contributed by atoms with Crippen molar-refractivity contribution in [2.45, 2.75) is 13.8 Å². The maximum Gasteiger partial charge on any atom is 0.339 e. The lowest BCUT2D eigenvalue weighted by atomic mass is 10.1. The average molecular weight is 274 g/mol. The summed E-state index contributed by atoms with van der Waals surface area (Å²) >= 11 is 0. The molecule has 1 aromatic heterocycles. The van der Waals surface area contributed by atoms with Gasteiger partial charge in [-0.15, -0.1) is 0 Å². The van der Waals surface area contributed by atoms with E-state index in [1.807, 2.05) is 0 Å². The van der Waals surface area contributed by atoms with Gasteiger partial charge in [0.1, 0.15) is 0 Å². The van der Waals surface area contributed by atoms with Crippen LogP contribution >= 0.6 is 0 Å². The zero-order valence-corrected chi connectivity index (χ0v) is 11.3. The van der Waals surface area contributed by atoms with Gasteiger partial charge in [-0.25, -0.2) is 9.59 Å². The van der Waals surface area contributed by atoms with E-state index in [1.54, 1.807) is 13.8 Å². The smallest absolute Gasteiger partial charge is 0.339 e. The highest BCUT2D eigenvalue weighted by atomic mass is 16.5. The molecule has 0 unspecified atom stereocenters. The van der Waals surface area contributed by atoms with Gasteiger partial charge in [0.2, 0.25) is 0 Å². The molecule has 0 bridgehead atoms. The fourth-order valence-corrected chi connectivity index (χ4v) is 1.77. The normalized spacial score (nSPS) is 10.3. The number of ether oxygens (including phenoxy) is 2. The van der Waals surface area contributed by atoms with E-state index < -0.39 is 11.9 Å². The molecule has 104 valence electrons. The van der Waals surface area contributed by atoms with Crippen LogP contribution in [0.2, 0.25) is 0 Å². The summed E-state index contributed by atoms with van der Waals surface area (Å²) in [4.78, 5) is 32.1. The van der Waals surface area contributed by atoms with Crippen molar-refractivity contribution in [3.8, 4) is 0 Å². The van der Waals surface area contributed by atoms with Crippen LogP contribution in [0.15, 0.2) is 24.5 Å². The Hall–Kier alpha value is -2.50. The number of fused-ring (bicyclic) bond motifs is 1. The van der Waals surface area contributed by atoms with Gasteiger partial charge in [-0.05, 0) is 26.0 Å². The molecule has 1 aromatic carbocycles. The van der Waals surface area contributed by atoms with Gasteiger partial charge in [-0.3, -0.25) is 9.97 Å². The second-order valence-corrected chi connectivity index (χ2v) is 3.88. The number of esters is 2. The van der Waals surface area contributed by atoms with Gasteiger partial charge in [-0.2, -0.15) is 0 Å². The van der Waals surface area contributed by atoms with Crippen LogP contribution in [0.3, 0.4) is 0 Å². The molecule has 0 aliphatic rings. The van der Waals surface area contributed by atoms with Crippen molar-refractivity contribution in [1.29, 1.82) is 0 Å². The predicted molar refractivity (Wildman–Crippen MR) is 71.5 cm³/mol. The van der Waals surface area contributed by atoms with Gasteiger partial charge < -0.3 is 9.47 Å². The maximum absolute atomic E-state index is 11.9. The second kappa shape index (κ2) is 6.10. The fraction of sp³-hybridized carbons (Fsp3) is 0.286. The minimum absolute atomic E-state index is 0.137. The van der Waals surface area contributed by atoms with Gasteiger partial charge in [0.25, 0.3) is 0 Å². The van der Waals surface area contributed by atoms with Crippen LogP contribution in [0.5, 0.6) is 0 Å². The zero-order chi connectivity index (χ0) is 14.5. The first-order valence-electron chi connectivity index (χ1n) is 6.26. The van der Waals surface area contributed by atoms with Gasteiger partial charge in [0.05, 0.1) is 35.4 Å². The van der Waals surface area contributed by atoms with E-state index in [4.69, 9.17) is 9.47 Å². The van der Waals surface area contributed by atoms with Crippen molar-refractivity contribution in [1.82, 2.24) is 9.97 Å². The van der Waals surface area contributed by atoms with E-state index in [0.29, 0.717) is 11.0 Å². The number of nitrogens with zero attached hydrogens (tertiary/aromatic N) is 2. The number of rotatable bonds is 4. The lowest BCUT2D eigenvalue weighted by molar-refractivity contribution is 0.0479. The first kappa shape index (κ1) is 13.9. The predicted octanol–water partition coefficient (Wildman–Crippen LogP) is 1.98. The molecule has 0 N–H and O–H groups in total. The number of aromatic nitrogens is 2. The Morgan fingerprint density at radius 2 is 1.30 bits per heavy atom. The molecule has 2 rings (SSSR count). The summed E-state index contributed by atoms with van der Waals surface area (Å²) in [6, 6.07) is 2.99. The number of hydrogen-bond donors (Lipinski definition) is 0. The average Bonchev–Trinajstić information content (AvgIpc) is 2.46. The topological polar surface area (TPSA) is 78.4 Å². The van der Waals surface area contributed by atoms with E-state index >= 15 is 0 Å². The van der Waals surface area contributed by atoms with Crippen molar-refractivity contribution in [3.05, 3.63) is 35.7 Å². The summed E-state index contributed by atoms with van der Waals surface area (Å²) in [7, 11) is 0. The van der Waals surface area contributed by atoms with Crippen LogP contribution in [0.1, 0.15) is 34.6 Å². The molecule has 0 atom stereocenters. The highest BCUT2D eigenvalue weighted by molar-refractivity contribution is 6.06. The summed E-state index contributed by atoms with van der Waals surface area (Å²) in [6.45, 7) is 3.84. The van der Waals surface area contributed by atoms with Gasteiger partial charge in [0, 0.05) is 12.4 Å². The molecule has 0 aliphatic heterocycles. The Bertz CT molecular complexity index is 598. The Kier molecular flexibility index (Phi) is 4.24. The van der Waals surface area contributed by atoms with E-state index in [9.17, 15) is 9.59 Å². The van der Waals surface area contributed by atoms with Crippen molar-refractivity contribution < 1.29 is 19.1 Å². The third-order valence-corrected chi connectivity index (χ3v) is 2.60. The summed E-state index contributed by atoms with van der Waals surface area (Å²) in [5.41, 5.74) is 1.31. The monoisotopic (exact) mass is 274 g/mol. The lowest BCUT2D eigenvalue weighted by Crippen LogP contribution is -2.14. The second-order valence-electron chi connectivity index (χ2n) is 3.88. The van der Waals surface area contributed by atoms with Gasteiger partial charge >= 0.3 is 11.9 Å². The maximum atomic E-state index is 11.9. The Labute approximate surface area is 115 Å². The minimum Gasteiger partial charge on any atom is -0.462 e. The van der Waals surface area contributed by atoms with Crippen LogP contribution in [0.25, 0.3) is 11.0 Å². The molecule has 0 aliphatic carbocycles. The first-order valence-corrected chi connectivity index (χ1v) is 6.26. The van der Waals surface area contributed by atoms with Crippen LogP contribution in [0, 0.1) is 0 Å². The SMILES string of the molecule is CCOC(=O)c1cc2nccnc2cc1C(=O)OCC. The molecule has 6 heteroatoms. The van der Waals surface area contributed by atoms with Crippen molar-refractivity contribution >= 4 is 23.0 Å². The molecule has 6 nitrogen and oxygen atoms in total. The highest BCUT2D eigenvalue weighted by Crippen LogP contribution is 2.19. The van der Waals surface area contributed by atoms with E-state index in [0.717, 1.165) is 0 Å². The van der Waals surface area contributed by atoms with Gasteiger partial charge in [0.15, 0.2) is 0 Å². The van der Waals surface area contributed by atoms with Crippen LogP contribution < -0.4 is 0 Å². The van der Waals surface area contributed by atoms with E-state index in [2.05, 4.69) is 9.97 Å². The van der Waals surface area contributed by atoms with Gasteiger partial charge in [-0.1, -0.05) is 0 Å². The van der Waals surface area contributed by atoms with Crippen molar-refractivity contribution in [2.24, 2.45) is 0 Å². The first-order chi connectivity index (χ1) is 9.67. The van der Waals surface area contributed by atoms with Crippen LogP contribution in [-0.4, -0.2) is 35.1 Å². The molecule has 0 radical (unpaired) electrons. The Balaban J connectivity index is 2.58. The molecule has 0 amide bonds. The highest BCUT2D eigenvalue weighted by Gasteiger charge is 2.20. The molecule has 1 heterocycles. The van der Waals surface area contributed by atoms with Crippen molar-refractivity contribution in [2.75, 3.05) is 13.2 Å². The zero-order valence-electron chi connectivity index (χ0n) is 11.3. The third kappa shape index (κ3) is 2.74. The summed E-state index contributed by atoms with van der Waals surface area (Å²) in [5.74, 6) is -1.16. The molecular formula is C14H14N2O4. The molecular weight excluding hydrogens is 260 g/mol. The summed E-state index contributed by atoms with van der Waals surface area (Å²) < 4.78 is 9.90. The number of carbonyl (C=O) groups is 2. The van der Waals surface area contributed by atoms with E-state index in [1.165, 1.54) is 24.5 Å². The van der Waals surface area contributed by atoms with E-state index in [-0.39, 0.29) is 24.3 Å². The quantitative estimate of drug-likeness (QED) is 0.793. The summed E-state index contributed by atoms with van der Waals surface area (Å²) in [5, 5.41) is 0. The number of hydrogen-bond acceptors (Lipinski definition) is 6. The standard InChI is InChI=1S/C14H14N2O4/c1-3-19-13(17)9-7-11-12(16-6-5-15-11)8-10(9)14(18)20-4-2/h5-8H,3-4H2,1-2H3. The lowest BCUT2D eigenvalue weighted by Gasteiger charge is -2.09. The van der Waals surface area contributed by atoms with Crippen molar-refractivity contribution in [3.63, 3.8) is 0 Å². The molecule has 0 fully saturated rings. The molecule has 2 aromatic rings. The Morgan fingerprint density at radius 1 is 0.900 bits per heavy atom. The minimum atomic E-state index is -0.580. The summed E-state index contributed by atoms with van der Waals surface area (Å²) in [6.07, 6.45) is 3.03. The molecule has 0 spiro atoms.